The monoisotopic (exact) mass is 376 g/mol. The molecule has 1 aliphatic carbocycles. The molecular weight excluding hydrogens is 356 g/mol. The minimum absolute atomic E-state index is 0.0214. The Morgan fingerprint density at radius 3 is 2.67 bits per heavy atom. The predicted octanol–water partition coefficient (Wildman–Crippen LogP) is 2.39. The van der Waals surface area contributed by atoms with Crippen molar-refractivity contribution < 1.29 is 29.1 Å². The number of nitrogens with zero attached hydrogens (tertiary/aromatic N) is 1. The number of ketones is 1. The van der Waals surface area contributed by atoms with Gasteiger partial charge in [0, 0.05) is 31.4 Å². The van der Waals surface area contributed by atoms with Crippen molar-refractivity contribution in [2.75, 3.05) is 5.32 Å². The summed E-state index contributed by atoms with van der Waals surface area (Å²) in [6, 6.07) is 2.58. The summed E-state index contributed by atoms with van der Waals surface area (Å²) >= 11 is 0. The van der Waals surface area contributed by atoms with E-state index in [0.29, 0.717) is 24.2 Å². The number of fused-ring (bicyclic) bond motifs is 1. The van der Waals surface area contributed by atoms with Crippen molar-refractivity contribution in [3.8, 4) is 5.75 Å². The lowest BCUT2D eigenvalue weighted by molar-refractivity contribution is -0.384. The van der Waals surface area contributed by atoms with Crippen LogP contribution in [0.2, 0.25) is 0 Å². The van der Waals surface area contributed by atoms with E-state index in [1.54, 1.807) is 13.8 Å². The number of carbonyl (C=O) groups excluding carboxylic acids is 2. The number of benzene rings is 1. The van der Waals surface area contributed by atoms with Crippen LogP contribution in [0, 0.1) is 10.1 Å². The zero-order valence-corrected chi connectivity index (χ0v) is 15.1. The van der Waals surface area contributed by atoms with Gasteiger partial charge in [-0.1, -0.05) is 0 Å². The van der Waals surface area contributed by atoms with Gasteiger partial charge in [-0.3, -0.25) is 19.7 Å². The van der Waals surface area contributed by atoms with Crippen molar-refractivity contribution in [3.63, 3.8) is 0 Å². The lowest BCUT2D eigenvalue weighted by Gasteiger charge is -2.42. The number of nitro groups is 1. The average molecular weight is 376 g/mol. The standard InChI is InChI=1S/C18H20N2O7/c1-9(21)19-13-7-12-15(8-14(13)20(24)25)27-18(2,3)17(23)16(12)26-11-5-4-10(22)6-11/h6-8,16-17,23H,4-5H2,1-3H3,(H,19,21)/t16-,17+/m0/s1. The van der Waals surface area contributed by atoms with E-state index in [1.165, 1.54) is 25.1 Å². The number of aliphatic hydroxyl groups excluding tert-OH is 1. The van der Waals surface area contributed by atoms with Crippen LogP contribution in [0.15, 0.2) is 24.0 Å². The van der Waals surface area contributed by atoms with Gasteiger partial charge in [-0.15, -0.1) is 0 Å². The molecule has 9 heteroatoms. The van der Waals surface area contributed by atoms with Gasteiger partial charge in [-0.2, -0.15) is 0 Å². The van der Waals surface area contributed by atoms with Crippen LogP contribution in [0.4, 0.5) is 11.4 Å². The van der Waals surface area contributed by atoms with Gasteiger partial charge in [-0.05, 0) is 19.9 Å². The molecule has 0 spiro atoms. The topological polar surface area (TPSA) is 128 Å². The molecule has 0 radical (unpaired) electrons. The fourth-order valence-electron chi connectivity index (χ4n) is 3.17. The van der Waals surface area contributed by atoms with Crippen molar-refractivity contribution in [2.45, 2.75) is 51.4 Å². The number of allylic oxidation sites excluding steroid dienone is 2. The van der Waals surface area contributed by atoms with Gasteiger partial charge in [0.15, 0.2) is 11.9 Å². The van der Waals surface area contributed by atoms with E-state index in [4.69, 9.17) is 9.47 Å². The van der Waals surface area contributed by atoms with Gasteiger partial charge in [0.05, 0.1) is 11.0 Å². The molecular formula is C18H20N2O7. The summed E-state index contributed by atoms with van der Waals surface area (Å²) in [5.74, 6) is 0.0824. The summed E-state index contributed by atoms with van der Waals surface area (Å²) < 4.78 is 11.6. The van der Waals surface area contributed by atoms with Gasteiger partial charge < -0.3 is 19.9 Å². The number of ether oxygens (including phenoxy) is 2. The predicted molar refractivity (Wildman–Crippen MR) is 94.3 cm³/mol. The van der Waals surface area contributed by atoms with Gasteiger partial charge in [-0.25, -0.2) is 0 Å². The van der Waals surface area contributed by atoms with Gasteiger partial charge in [0.25, 0.3) is 5.69 Å². The Bertz CT molecular complexity index is 860. The van der Waals surface area contributed by atoms with E-state index in [9.17, 15) is 24.8 Å². The molecule has 2 aliphatic rings. The molecule has 1 aromatic carbocycles. The number of carbonyl (C=O) groups is 2. The maximum absolute atomic E-state index is 11.5. The molecule has 0 aromatic heterocycles. The van der Waals surface area contributed by atoms with E-state index >= 15 is 0 Å². The second-order valence-corrected chi connectivity index (χ2v) is 7.11. The Morgan fingerprint density at radius 1 is 1.41 bits per heavy atom. The van der Waals surface area contributed by atoms with Crippen LogP contribution in [0.25, 0.3) is 0 Å². The number of anilines is 1. The second kappa shape index (κ2) is 6.66. The highest BCUT2D eigenvalue weighted by atomic mass is 16.6. The van der Waals surface area contributed by atoms with Crippen molar-refractivity contribution in [2.24, 2.45) is 0 Å². The largest absolute Gasteiger partial charge is 0.487 e. The van der Waals surface area contributed by atoms with Crippen molar-refractivity contribution >= 4 is 23.1 Å². The van der Waals surface area contributed by atoms with E-state index in [2.05, 4.69) is 5.32 Å². The molecule has 1 heterocycles. The van der Waals surface area contributed by atoms with Crippen LogP contribution in [-0.4, -0.2) is 33.4 Å². The molecule has 0 bridgehead atoms. The molecule has 1 aromatic rings. The maximum atomic E-state index is 11.5. The van der Waals surface area contributed by atoms with E-state index in [-0.39, 0.29) is 22.9 Å². The van der Waals surface area contributed by atoms with Crippen molar-refractivity contribution in [1.29, 1.82) is 0 Å². The minimum atomic E-state index is -1.10. The highest BCUT2D eigenvalue weighted by Crippen LogP contribution is 2.46. The third-order valence-electron chi connectivity index (χ3n) is 4.53. The lowest BCUT2D eigenvalue weighted by atomic mass is 9.88. The number of nitrogens with one attached hydrogen (secondary N) is 1. The Morgan fingerprint density at radius 2 is 2.11 bits per heavy atom. The number of hydrogen-bond acceptors (Lipinski definition) is 7. The molecule has 0 saturated heterocycles. The van der Waals surface area contributed by atoms with Crippen LogP contribution in [0.1, 0.15) is 45.3 Å². The van der Waals surface area contributed by atoms with Gasteiger partial charge in [0.1, 0.15) is 28.9 Å². The van der Waals surface area contributed by atoms with Crippen LogP contribution in [0.5, 0.6) is 5.75 Å². The minimum Gasteiger partial charge on any atom is -0.487 e. The Kier molecular flexibility index (Phi) is 4.64. The molecule has 9 nitrogen and oxygen atoms in total. The fraction of sp³-hybridized carbons (Fsp3) is 0.444. The van der Waals surface area contributed by atoms with Crippen LogP contribution < -0.4 is 10.1 Å². The van der Waals surface area contributed by atoms with Crippen molar-refractivity contribution in [3.05, 3.63) is 39.6 Å². The van der Waals surface area contributed by atoms with Gasteiger partial charge >= 0.3 is 0 Å². The molecule has 1 aliphatic heterocycles. The SMILES string of the molecule is CC(=O)Nc1cc2c(cc1[N+](=O)[O-])OC(C)(C)[C@H](O)[C@H]2OC1=CC(=O)CC1. The molecule has 2 atom stereocenters. The molecule has 0 saturated carbocycles. The molecule has 3 rings (SSSR count). The van der Waals surface area contributed by atoms with Crippen molar-refractivity contribution in [1.82, 2.24) is 0 Å². The maximum Gasteiger partial charge on any atom is 0.296 e. The summed E-state index contributed by atoms with van der Waals surface area (Å²) in [4.78, 5) is 33.7. The number of hydrogen-bond donors (Lipinski definition) is 2. The zero-order valence-electron chi connectivity index (χ0n) is 15.1. The molecule has 144 valence electrons. The fourth-order valence-corrected chi connectivity index (χ4v) is 3.17. The van der Waals surface area contributed by atoms with E-state index < -0.39 is 28.6 Å². The summed E-state index contributed by atoms with van der Waals surface area (Å²) in [5, 5.41) is 24.5. The molecule has 2 N–H and O–H groups in total. The third-order valence-corrected chi connectivity index (χ3v) is 4.53. The summed E-state index contributed by atoms with van der Waals surface area (Å²) in [7, 11) is 0. The number of nitro benzene ring substituents is 1. The first-order chi connectivity index (χ1) is 12.6. The molecule has 1 amide bonds. The smallest absolute Gasteiger partial charge is 0.296 e. The van der Waals surface area contributed by atoms with Gasteiger partial charge in [0.2, 0.25) is 5.91 Å². The number of amides is 1. The highest BCUT2D eigenvalue weighted by molar-refractivity contribution is 5.93. The van der Waals surface area contributed by atoms with Crippen LogP contribution >= 0.6 is 0 Å². The lowest BCUT2D eigenvalue weighted by Crippen LogP contribution is -2.49. The second-order valence-electron chi connectivity index (χ2n) is 7.11. The molecule has 0 fully saturated rings. The Hall–Kier alpha value is -2.94. The number of aliphatic hydroxyl groups is 1. The Labute approximate surface area is 155 Å². The molecule has 27 heavy (non-hydrogen) atoms. The van der Waals surface area contributed by atoms with Crippen LogP contribution in [-0.2, 0) is 14.3 Å². The van der Waals surface area contributed by atoms with E-state index in [1.807, 2.05) is 0 Å². The first-order valence-electron chi connectivity index (χ1n) is 8.45. The van der Waals surface area contributed by atoms with E-state index in [0.717, 1.165) is 0 Å². The summed E-state index contributed by atoms with van der Waals surface area (Å²) in [6.45, 7) is 4.51. The Balaban J connectivity index is 2.10. The summed E-state index contributed by atoms with van der Waals surface area (Å²) in [6.07, 6.45) is 0.129. The normalized spacial score (nSPS) is 23.1. The van der Waals surface area contributed by atoms with Crippen LogP contribution in [0.3, 0.4) is 0 Å². The first kappa shape index (κ1) is 18.8. The average Bonchev–Trinajstić information content (AvgIpc) is 2.96. The highest BCUT2D eigenvalue weighted by Gasteiger charge is 2.46. The summed E-state index contributed by atoms with van der Waals surface area (Å²) in [5.41, 5.74) is -1.07. The third kappa shape index (κ3) is 3.63. The number of rotatable bonds is 4. The molecule has 0 unspecified atom stereocenters. The zero-order chi connectivity index (χ0) is 19.9. The first-order valence-corrected chi connectivity index (χ1v) is 8.45. The quantitative estimate of drug-likeness (QED) is 0.610.